The van der Waals surface area contributed by atoms with E-state index in [1.165, 1.54) is 12.1 Å². The summed E-state index contributed by atoms with van der Waals surface area (Å²) in [6.45, 7) is 2.13. The van der Waals surface area contributed by atoms with Gasteiger partial charge in [0.2, 0.25) is 0 Å². The second kappa shape index (κ2) is 4.23. The first-order chi connectivity index (χ1) is 8.64. The number of hydrogen-bond donors (Lipinski definition) is 1. The lowest BCUT2D eigenvalue weighted by molar-refractivity contribution is -0.0366. The standard InChI is InChI=1S/C15H19FO2/c1-2-7-15(10-3-4-10)9-13(17)12-6-5-11(16)8-14(12)18-15/h5-6,8,10,13,17H,2-4,7,9H2,1H3. The summed E-state index contributed by atoms with van der Waals surface area (Å²) in [5.41, 5.74) is 0.457. The number of aliphatic hydroxyl groups excluding tert-OH is 1. The smallest absolute Gasteiger partial charge is 0.128 e. The van der Waals surface area contributed by atoms with Crippen LogP contribution in [0.1, 0.15) is 50.7 Å². The number of ether oxygens (including phenoxy) is 1. The molecule has 0 bridgehead atoms. The average molecular weight is 250 g/mol. The Labute approximate surface area is 107 Å². The summed E-state index contributed by atoms with van der Waals surface area (Å²) in [6, 6.07) is 4.43. The molecular formula is C15H19FO2. The average Bonchev–Trinajstić information content (AvgIpc) is 3.12. The molecule has 1 N–H and O–H groups in total. The number of hydrogen-bond acceptors (Lipinski definition) is 2. The van der Waals surface area contributed by atoms with Crippen molar-refractivity contribution in [3.63, 3.8) is 0 Å². The molecule has 1 saturated carbocycles. The zero-order valence-corrected chi connectivity index (χ0v) is 10.7. The predicted molar refractivity (Wildman–Crippen MR) is 67.0 cm³/mol. The molecule has 3 heteroatoms. The third kappa shape index (κ3) is 1.91. The van der Waals surface area contributed by atoms with Gasteiger partial charge < -0.3 is 9.84 Å². The van der Waals surface area contributed by atoms with E-state index in [2.05, 4.69) is 6.92 Å². The molecule has 2 atom stereocenters. The van der Waals surface area contributed by atoms with Crippen LogP contribution >= 0.6 is 0 Å². The van der Waals surface area contributed by atoms with Crippen molar-refractivity contribution >= 4 is 0 Å². The zero-order valence-electron chi connectivity index (χ0n) is 10.7. The van der Waals surface area contributed by atoms with Crippen LogP contribution in [0.5, 0.6) is 5.75 Å². The molecule has 18 heavy (non-hydrogen) atoms. The molecule has 0 amide bonds. The Balaban J connectivity index is 1.97. The summed E-state index contributed by atoms with van der Waals surface area (Å²) in [7, 11) is 0. The number of aliphatic hydroxyl groups is 1. The van der Waals surface area contributed by atoms with E-state index in [0.717, 1.165) is 31.2 Å². The molecule has 0 radical (unpaired) electrons. The Morgan fingerprint density at radius 2 is 2.22 bits per heavy atom. The minimum Gasteiger partial charge on any atom is -0.486 e. The molecule has 1 aliphatic carbocycles. The Morgan fingerprint density at radius 3 is 2.89 bits per heavy atom. The number of halogens is 1. The molecule has 1 aromatic rings. The molecule has 2 nitrogen and oxygen atoms in total. The fraction of sp³-hybridized carbons (Fsp3) is 0.600. The molecule has 2 unspecified atom stereocenters. The van der Waals surface area contributed by atoms with E-state index >= 15 is 0 Å². The van der Waals surface area contributed by atoms with Crippen LogP contribution in [0.2, 0.25) is 0 Å². The van der Waals surface area contributed by atoms with Gasteiger partial charge in [0.25, 0.3) is 0 Å². The van der Waals surface area contributed by atoms with E-state index in [1.54, 1.807) is 6.07 Å². The molecule has 1 fully saturated rings. The first-order valence-electron chi connectivity index (χ1n) is 6.81. The van der Waals surface area contributed by atoms with Crippen LogP contribution in [0.3, 0.4) is 0 Å². The lowest BCUT2D eigenvalue weighted by atomic mass is 9.82. The van der Waals surface area contributed by atoms with E-state index < -0.39 is 6.10 Å². The van der Waals surface area contributed by atoms with Crippen molar-refractivity contribution < 1.29 is 14.2 Å². The first-order valence-corrected chi connectivity index (χ1v) is 6.81. The molecule has 1 aromatic carbocycles. The van der Waals surface area contributed by atoms with Gasteiger partial charge in [-0.2, -0.15) is 0 Å². The molecule has 0 saturated heterocycles. The van der Waals surface area contributed by atoms with Gasteiger partial charge in [0, 0.05) is 18.1 Å². The van der Waals surface area contributed by atoms with Crippen LogP contribution in [0.15, 0.2) is 18.2 Å². The Kier molecular flexibility index (Phi) is 2.81. The van der Waals surface area contributed by atoms with Crippen molar-refractivity contribution in [2.75, 3.05) is 0 Å². The SMILES string of the molecule is CCCC1(C2CC2)CC(O)c2ccc(F)cc2O1. The van der Waals surface area contributed by atoms with Gasteiger partial charge in [0.1, 0.15) is 17.2 Å². The van der Waals surface area contributed by atoms with Crippen LogP contribution in [-0.2, 0) is 0 Å². The summed E-state index contributed by atoms with van der Waals surface area (Å²) in [5, 5.41) is 10.3. The van der Waals surface area contributed by atoms with Crippen molar-refractivity contribution in [2.45, 2.75) is 50.7 Å². The van der Waals surface area contributed by atoms with E-state index in [1.807, 2.05) is 0 Å². The van der Waals surface area contributed by atoms with Crippen molar-refractivity contribution in [2.24, 2.45) is 5.92 Å². The van der Waals surface area contributed by atoms with Gasteiger partial charge in [-0.15, -0.1) is 0 Å². The Bertz CT molecular complexity index is 456. The summed E-state index contributed by atoms with van der Waals surface area (Å²) < 4.78 is 19.4. The second-order valence-corrected chi connectivity index (χ2v) is 5.59. The van der Waals surface area contributed by atoms with Gasteiger partial charge in [-0.3, -0.25) is 0 Å². The van der Waals surface area contributed by atoms with Crippen LogP contribution in [0.25, 0.3) is 0 Å². The third-order valence-corrected chi connectivity index (χ3v) is 4.18. The van der Waals surface area contributed by atoms with Gasteiger partial charge in [0.15, 0.2) is 0 Å². The van der Waals surface area contributed by atoms with Crippen LogP contribution in [-0.4, -0.2) is 10.7 Å². The summed E-state index contributed by atoms with van der Waals surface area (Å²) >= 11 is 0. The second-order valence-electron chi connectivity index (χ2n) is 5.59. The largest absolute Gasteiger partial charge is 0.486 e. The van der Waals surface area contributed by atoms with Crippen LogP contribution in [0.4, 0.5) is 4.39 Å². The molecule has 1 heterocycles. The van der Waals surface area contributed by atoms with Crippen molar-refractivity contribution in [1.29, 1.82) is 0 Å². The fourth-order valence-corrected chi connectivity index (χ4v) is 3.21. The lowest BCUT2D eigenvalue weighted by Gasteiger charge is -2.41. The minimum absolute atomic E-state index is 0.269. The van der Waals surface area contributed by atoms with Crippen molar-refractivity contribution in [1.82, 2.24) is 0 Å². The normalized spacial score (nSPS) is 30.7. The van der Waals surface area contributed by atoms with Gasteiger partial charge in [0.05, 0.1) is 6.10 Å². The van der Waals surface area contributed by atoms with E-state index in [0.29, 0.717) is 18.1 Å². The highest BCUT2D eigenvalue weighted by atomic mass is 19.1. The predicted octanol–water partition coefficient (Wildman–Crippen LogP) is 3.59. The molecule has 0 spiro atoms. The lowest BCUT2D eigenvalue weighted by Crippen LogP contribution is -2.43. The van der Waals surface area contributed by atoms with Crippen molar-refractivity contribution in [3.05, 3.63) is 29.6 Å². The molecular weight excluding hydrogens is 231 g/mol. The van der Waals surface area contributed by atoms with Crippen LogP contribution in [0, 0.1) is 11.7 Å². The molecule has 0 aromatic heterocycles. The third-order valence-electron chi connectivity index (χ3n) is 4.18. The topological polar surface area (TPSA) is 29.5 Å². The van der Waals surface area contributed by atoms with Gasteiger partial charge >= 0.3 is 0 Å². The highest BCUT2D eigenvalue weighted by Crippen LogP contribution is 2.52. The Hall–Kier alpha value is -1.09. The van der Waals surface area contributed by atoms with Crippen LogP contribution < -0.4 is 4.74 Å². The van der Waals surface area contributed by atoms with E-state index in [9.17, 15) is 9.50 Å². The molecule has 2 aliphatic rings. The van der Waals surface area contributed by atoms with Gasteiger partial charge in [-0.25, -0.2) is 4.39 Å². The maximum Gasteiger partial charge on any atom is 0.128 e. The summed E-state index contributed by atoms with van der Waals surface area (Å²) in [5.74, 6) is 0.765. The maximum atomic E-state index is 13.3. The summed E-state index contributed by atoms with van der Waals surface area (Å²) in [4.78, 5) is 0. The highest BCUT2D eigenvalue weighted by molar-refractivity contribution is 5.39. The fourth-order valence-electron chi connectivity index (χ4n) is 3.21. The number of rotatable bonds is 3. The van der Waals surface area contributed by atoms with Gasteiger partial charge in [-0.05, 0) is 37.3 Å². The Morgan fingerprint density at radius 1 is 1.44 bits per heavy atom. The maximum absolute atomic E-state index is 13.3. The number of benzene rings is 1. The quantitative estimate of drug-likeness (QED) is 0.888. The zero-order chi connectivity index (χ0) is 12.8. The highest BCUT2D eigenvalue weighted by Gasteiger charge is 2.50. The van der Waals surface area contributed by atoms with Crippen molar-refractivity contribution in [3.8, 4) is 5.75 Å². The minimum atomic E-state index is -0.526. The molecule has 1 aliphatic heterocycles. The molecule has 98 valence electrons. The molecule has 3 rings (SSSR count). The van der Waals surface area contributed by atoms with E-state index in [4.69, 9.17) is 4.74 Å². The first kappa shape index (κ1) is 12.0. The summed E-state index contributed by atoms with van der Waals surface area (Å²) in [6.07, 6.45) is 4.40. The van der Waals surface area contributed by atoms with E-state index in [-0.39, 0.29) is 11.4 Å². The monoisotopic (exact) mass is 250 g/mol. The van der Waals surface area contributed by atoms with Gasteiger partial charge in [-0.1, -0.05) is 13.3 Å². The number of fused-ring (bicyclic) bond motifs is 1.